The van der Waals surface area contributed by atoms with Crippen LogP contribution in [-0.2, 0) is 26.1 Å². The molecule has 1 unspecified atom stereocenters. The average Bonchev–Trinajstić information content (AvgIpc) is 3.20. The topological polar surface area (TPSA) is 125 Å². The SMILES string of the molecule is Cc1cc(CO)ccc1-c1ccc(C2=NO[C@@H](CC(C)(C(=O)NO)S(C)(=O)=O)C2)cc1. The van der Waals surface area contributed by atoms with Gasteiger partial charge in [0.15, 0.2) is 14.6 Å². The lowest BCUT2D eigenvalue weighted by atomic mass is 9.94. The van der Waals surface area contributed by atoms with Gasteiger partial charge in [-0.3, -0.25) is 10.0 Å². The molecule has 2 aromatic rings. The molecule has 0 saturated carbocycles. The molecule has 3 rings (SSSR count). The van der Waals surface area contributed by atoms with E-state index in [1.165, 1.54) is 12.4 Å². The Morgan fingerprint density at radius 1 is 1.23 bits per heavy atom. The third-order valence-corrected chi connectivity index (χ3v) is 7.74. The van der Waals surface area contributed by atoms with E-state index in [1.807, 2.05) is 49.4 Å². The van der Waals surface area contributed by atoms with Gasteiger partial charge in [-0.05, 0) is 41.7 Å². The number of hydroxylamine groups is 1. The van der Waals surface area contributed by atoms with Gasteiger partial charge in [0.2, 0.25) is 0 Å². The van der Waals surface area contributed by atoms with Crippen LogP contribution in [0, 0.1) is 6.92 Å². The maximum atomic E-state index is 12.2. The molecule has 0 spiro atoms. The van der Waals surface area contributed by atoms with Crippen molar-refractivity contribution in [3.63, 3.8) is 0 Å². The summed E-state index contributed by atoms with van der Waals surface area (Å²) in [4.78, 5) is 17.4. The van der Waals surface area contributed by atoms with Gasteiger partial charge in [-0.15, -0.1) is 0 Å². The predicted octanol–water partition coefficient (Wildman–Crippen LogP) is 2.35. The first-order valence-electron chi connectivity index (χ1n) is 9.77. The fourth-order valence-electron chi connectivity index (χ4n) is 3.66. The second kappa shape index (κ2) is 8.78. The van der Waals surface area contributed by atoms with Gasteiger partial charge < -0.3 is 9.94 Å². The van der Waals surface area contributed by atoms with E-state index in [9.17, 15) is 18.3 Å². The van der Waals surface area contributed by atoms with Gasteiger partial charge in [-0.25, -0.2) is 13.9 Å². The molecule has 0 saturated heterocycles. The number of sulfone groups is 1. The number of hydrogen-bond donors (Lipinski definition) is 3. The molecule has 166 valence electrons. The van der Waals surface area contributed by atoms with E-state index in [0.29, 0.717) is 12.1 Å². The first kappa shape index (κ1) is 22.9. The molecule has 31 heavy (non-hydrogen) atoms. The van der Waals surface area contributed by atoms with Crippen LogP contribution in [0.5, 0.6) is 0 Å². The normalized spacial score (nSPS) is 18.1. The zero-order chi connectivity index (χ0) is 22.8. The van der Waals surface area contributed by atoms with Crippen molar-refractivity contribution in [1.82, 2.24) is 5.48 Å². The quantitative estimate of drug-likeness (QED) is 0.443. The number of carbonyl (C=O) groups excluding carboxylic acids is 1. The molecule has 3 N–H and O–H groups in total. The van der Waals surface area contributed by atoms with E-state index < -0.39 is 26.6 Å². The van der Waals surface area contributed by atoms with Crippen LogP contribution in [0.3, 0.4) is 0 Å². The van der Waals surface area contributed by atoms with Gasteiger partial charge >= 0.3 is 0 Å². The number of aliphatic hydroxyl groups excluding tert-OH is 1. The molecule has 1 aliphatic heterocycles. The number of hydrogen-bond acceptors (Lipinski definition) is 7. The number of oxime groups is 1. The zero-order valence-electron chi connectivity index (χ0n) is 17.6. The molecule has 8 nitrogen and oxygen atoms in total. The highest BCUT2D eigenvalue weighted by Gasteiger charge is 2.47. The molecule has 0 fully saturated rings. The molecule has 0 aliphatic carbocycles. The molecule has 0 bridgehead atoms. The van der Waals surface area contributed by atoms with Crippen LogP contribution in [0.25, 0.3) is 11.1 Å². The molecule has 1 amide bonds. The number of aryl methyl sites for hydroxylation is 1. The molecule has 0 radical (unpaired) electrons. The maximum absolute atomic E-state index is 12.2. The Morgan fingerprint density at radius 2 is 1.87 bits per heavy atom. The summed E-state index contributed by atoms with van der Waals surface area (Å²) in [6.45, 7) is 3.25. The minimum Gasteiger partial charge on any atom is -0.392 e. The second-order valence-corrected chi connectivity index (χ2v) is 10.4. The van der Waals surface area contributed by atoms with Crippen molar-refractivity contribution in [3.05, 3.63) is 59.2 Å². The number of aliphatic hydroxyl groups is 1. The van der Waals surface area contributed by atoms with Crippen LogP contribution in [0.15, 0.2) is 47.6 Å². The van der Waals surface area contributed by atoms with E-state index in [4.69, 9.17) is 10.0 Å². The van der Waals surface area contributed by atoms with Crippen molar-refractivity contribution in [2.45, 2.75) is 44.1 Å². The second-order valence-electron chi connectivity index (χ2n) is 8.00. The highest BCUT2D eigenvalue weighted by Crippen LogP contribution is 2.30. The predicted molar refractivity (Wildman–Crippen MR) is 116 cm³/mol. The number of nitrogens with zero attached hydrogens (tertiary/aromatic N) is 1. The first-order chi connectivity index (χ1) is 14.6. The summed E-state index contributed by atoms with van der Waals surface area (Å²) >= 11 is 0. The smallest absolute Gasteiger partial charge is 0.264 e. The molecule has 1 aliphatic rings. The molecule has 9 heteroatoms. The lowest BCUT2D eigenvalue weighted by Crippen LogP contribution is -2.51. The number of rotatable bonds is 7. The van der Waals surface area contributed by atoms with Crippen LogP contribution in [-0.4, -0.2) is 47.5 Å². The standard InChI is InChI=1S/C22H26N2O6S/c1-14-10-15(13-25)4-9-19(14)16-5-7-17(8-6-16)20-11-18(30-24-20)12-22(2,21(26)23-27)31(3,28)29/h4-10,18,25,27H,11-13H2,1-3H3,(H,23,26)/t18-,22?/m1/s1. The zero-order valence-corrected chi connectivity index (χ0v) is 18.4. The Labute approximate surface area is 181 Å². The van der Waals surface area contributed by atoms with Gasteiger partial charge in [0, 0.05) is 19.1 Å². The minimum absolute atomic E-state index is 0.000605. The van der Waals surface area contributed by atoms with Crippen molar-refractivity contribution < 1.29 is 28.4 Å². The summed E-state index contributed by atoms with van der Waals surface area (Å²) in [5, 5.41) is 22.3. The summed E-state index contributed by atoms with van der Waals surface area (Å²) in [7, 11) is -3.81. The van der Waals surface area contributed by atoms with Crippen LogP contribution in [0.2, 0.25) is 0 Å². The van der Waals surface area contributed by atoms with E-state index in [2.05, 4.69) is 5.16 Å². The Bertz CT molecular complexity index is 1110. The summed E-state index contributed by atoms with van der Waals surface area (Å²) in [5.74, 6) is -1.00. The summed E-state index contributed by atoms with van der Waals surface area (Å²) in [5.41, 5.74) is 6.93. The Balaban J connectivity index is 1.74. The monoisotopic (exact) mass is 446 g/mol. The van der Waals surface area contributed by atoms with Crippen LogP contribution in [0.4, 0.5) is 0 Å². The van der Waals surface area contributed by atoms with Crippen molar-refractivity contribution >= 4 is 21.5 Å². The molecule has 1 heterocycles. The van der Waals surface area contributed by atoms with E-state index in [0.717, 1.165) is 34.1 Å². The van der Waals surface area contributed by atoms with Crippen LogP contribution in [0.1, 0.15) is 36.5 Å². The van der Waals surface area contributed by atoms with Gasteiger partial charge in [0.05, 0.1) is 12.3 Å². The molecule has 2 aromatic carbocycles. The number of carbonyl (C=O) groups is 1. The number of amides is 1. The largest absolute Gasteiger partial charge is 0.392 e. The summed E-state index contributed by atoms with van der Waals surface area (Å²) < 4.78 is 22.5. The summed E-state index contributed by atoms with van der Waals surface area (Å²) in [6, 6.07) is 13.6. The highest BCUT2D eigenvalue weighted by molar-refractivity contribution is 7.92. The van der Waals surface area contributed by atoms with Gasteiger partial charge in [0.1, 0.15) is 6.10 Å². The Morgan fingerprint density at radius 3 is 2.42 bits per heavy atom. The molecule has 0 aromatic heterocycles. The van der Waals surface area contributed by atoms with Crippen molar-refractivity contribution in [2.24, 2.45) is 5.16 Å². The summed E-state index contributed by atoms with van der Waals surface area (Å²) in [6.07, 6.45) is 0.542. The Hall–Kier alpha value is -2.75. The lowest BCUT2D eigenvalue weighted by molar-refractivity contribution is -0.132. The van der Waals surface area contributed by atoms with Crippen LogP contribution >= 0.6 is 0 Å². The van der Waals surface area contributed by atoms with E-state index in [1.54, 1.807) is 0 Å². The van der Waals surface area contributed by atoms with E-state index in [-0.39, 0.29) is 13.0 Å². The van der Waals surface area contributed by atoms with Gasteiger partial charge in [0.25, 0.3) is 5.91 Å². The first-order valence-corrected chi connectivity index (χ1v) is 11.7. The van der Waals surface area contributed by atoms with Crippen molar-refractivity contribution in [3.8, 4) is 11.1 Å². The Kier molecular flexibility index (Phi) is 6.49. The molecule has 2 atom stereocenters. The minimum atomic E-state index is -3.81. The average molecular weight is 447 g/mol. The number of nitrogens with one attached hydrogen (secondary N) is 1. The fourth-order valence-corrected chi connectivity index (χ4v) is 4.53. The van der Waals surface area contributed by atoms with Crippen LogP contribution < -0.4 is 5.48 Å². The molecular weight excluding hydrogens is 420 g/mol. The van der Waals surface area contributed by atoms with Crippen molar-refractivity contribution in [1.29, 1.82) is 0 Å². The van der Waals surface area contributed by atoms with Gasteiger partial charge in [-0.2, -0.15) is 0 Å². The van der Waals surface area contributed by atoms with E-state index >= 15 is 0 Å². The highest BCUT2D eigenvalue weighted by atomic mass is 32.2. The lowest BCUT2D eigenvalue weighted by Gasteiger charge is -2.26. The third kappa shape index (κ3) is 4.63. The van der Waals surface area contributed by atoms with Gasteiger partial charge in [-0.1, -0.05) is 47.6 Å². The number of benzene rings is 2. The third-order valence-electron chi connectivity index (χ3n) is 5.75. The maximum Gasteiger partial charge on any atom is 0.264 e. The van der Waals surface area contributed by atoms with Crippen molar-refractivity contribution in [2.75, 3.05) is 6.26 Å². The molecular formula is C22H26N2O6S. The fraction of sp³-hybridized carbons (Fsp3) is 0.364.